The molecule has 0 atom stereocenters. The van der Waals surface area contributed by atoms with Crippen LogP contribution in [0.25, 0.3) is 11.0 Å². The Bertz CT molecular complexity index is 1760. The van der Waals surface area contributed by atoms with Crippen molar-refractivity contribution in [1.29, 1.82) is 0 Å². The van der Waals surface area contributed by atoms with Gasteiger partial charge in [0.2, 0.25) is 0 Å². The number of hydrogen-bond acceptors (Lipinski definition) is 7. The number of nitrogens with zero attached hydrogens (tertiary/aromatic N) is 3. The molecule has 0 radical (unpaired) electrons. The number of thiocarbonyl (C=S) groups is 1. The lowest BCUT2D eigenvalue weighted by Gasteiger charge is -2.48. The summed E-state index contributed by atoms with van der Waals surface area (Å²) in [6, 6.07) is 2.26. The second-order valence-corrected chi connectivity index (χ2v) is 13.9. The highest BCUT2D eigenvalue weighted by Crippen LogP contribution is 2.52. The fraction of sp³-hybridized carbons (Fsp3) is 0.471. The van der Waals surface area contributed by atoms with E-state index >= 15 is 0 Å². The maximum Gasteiger partial charge on any atom is 0.339 e. The number of aryl methyl sites for hydroxylation is 1. The SMILES string of the molecule is CC1=CC(=C2C(=O)N(C)C(=S)N(C)C2=O)C=C(CCc2c(C)c3cc4c5c(c3oc2=O)C(C)(C)CCN5CCC4(C)C)O1. The van der Waals surface area contributed by atoms with Gasteiger partial charge in [0.25, 0.3) is 11.8 Å². The van der Waals surface area contributed by atoms with E-state index in [9.17, 15) is 14.4 Å². The fourth-order valence-electron chi connectivity index (χ4n) is 6.98. The summed E-state index contributed by atoms with van der Waals surface area (Å²) in [5, 5.41) is 1.15. The predicted octanol–water partition coefficient (Wildman–Crippen LogP) is 5.53. The first kappa shape index (κ1) is 29.4. The number of carbonyl (C=O) groups excluding carboxylic acids is 2. The highest BCUT2D eigenvalue weighted by atomic mass is 32.1. The lowest BCUT2D eigenvalue weighted by molar-refractivity contribution is -0.132. The third kappa shape index (κ3) is 4.55. The number of amides is 2. The molecule has 2 aromatic rings. The van der Waals surface area contributed by atoms with E-state index < -0.39 is 11.8 Å². The van der Waals surface area contributed by atoms with Crippen LogP contribution >= 0.6 is 12.2 Å². The zero-order chi connectivity index (χ0) is 31.2. The van der Waals surface area contributed by atoms with Crippen LogP contribution in [0.15, 0.2) is 50.1 Å². The molecule has 0 bridgehead atoms. The Balaban J connectivity index is 1.41. The van der Waals surface area contributed by atoms with Crippen molar-refractivity contribution in [3.63, 3.8) is 0 Å². The van der Waals surface area contributed by atoms with Gasteiger partial charge in [-0.15, -0.1) is 0 Å². The third-order valence-corrected chi connectivity index (χ3v) is 10.3. The highest BCUT2D eigenvalue weighted by Gasteiger charge is 2.42. The monoisotopic (exact) mass is 601 g/mol. The summed E-state index contributed by atoms with van der Waals surface area (Å²) in [5.41, 5.74) is 6.04. The van der Waals surface area contributed by atoms with Crippen LogP contribution in [0, 0.1) is 6.92 Å². The Hall–Kier alpha value is -3.72. The van der Waals surface area contributed by atoms with Gasteiger partial charge in [-0.2, -0.15) is 0 Å². The number of allylic oxidation sites excluding steroid dienone is 5. The highest BCUT2D eigenvalue weighted by molar-refractivity contribution is 7.80. The van der Waals surface area contributed by atoms with Crippen LogP contribution in [-0.2, 0) is 31.6 Å². The average molecular weight is 602 g/mol. The molecule has 5 heterocycles. The van der Waals surface area contributed by atoms with E-state index in [2.05, 4.69) is 38.7 Å². The quantitative estimate of drug-likeness (QED) is 0.198. The number of rotatable bonds is 3. The second-order valence-electron chi connectivity index (χ2n) is 13.6. The molecule has 1 fully saturated rings. The smallest absolute Gasteiger partial charge is 0.339 e. The van der Waals surface area contributed by atoms with Crippen LogP contribution in [-0.4, -0.2) is 53.9 Å². The number of hydrogen-bond donors (Lipinski definition) is 0. The van der Waals surface area contributed by atoms with Gasteiger partial charge in [0.1, 0.15) is 22.7 Å². The molecular formula is C34H39N3O5S. The van der Waals surface area contributed by atoms with Crippen molar-refractivity contribution in [2.24, 2.45) is 0 Å². The molecule has 2 amide bonds. The lowest BCUT2D eigenvalue weighted by atomic mass is 9.69. The summed E-state index contributed by atoms with van der Waals surface area (Å²) in [6.45, 7) is 14.9. The molecule has 9 heteroatoms. The molecule has 1 aromatic carbocycles. The Kier molecular flexibility index (Phi) is 6.76. The summed E-state index contributed by atoms with van der Waals surface area (Å²) in [5.74, 6) is 0.222. The number of carbonyl (C=O) groups is 2. The molecule has 8 nitrogen and oxygen atoms in total. The number of anilines is 1. The topological polar surface area (TPSA) is 83.3 Å². The van der Waals surface area contributed by atoms with E-state index in [4.69, 9.17) is 21.4 Å². The van der Waals surface area contributed by atoms with Gasteiger partial charge in [0, 0.05) is 55.8 Å². The molecule has 0 spiro atoms. The summed E-state index contributed by atoms with van der Waals surface area (Å²) in [7, 11) is 3.11. The molecule has 6 rings (SSSR count). The summed E-state index contributed by atoms with van der Waals surface area (Å²) < 4.78 is 12.2. The van der Waals surface area contributed by atoms with Gasteiger partial charge in [-0.1, -0.05) is 27.7 Å². The van der Waals surface area contributed by atoms with Crippen LogP contribution in [0.4, 0.5) is 5.69 Å². The maximum atomic E-state index is 13.6. The van der Waals surface area contributed by atoms with Gasteiger partial charge < -0.3 is 14.1 Å². The van der Waals surface area contributed by atoms with Gasteiger partial charge in [-0.3, -0.25) is 19.4 Å². The van der Waals surface area contributed by atoms with Gasteiger partial charge in [0.05, 0.1) is 0 Å². The van der Waals surface area contributed by atoms with Crippen LogP contribution in [0.3, 0.4) is 0 Å². The zero-order valence-electron chi connectivity index (χ0n) is 26.3. The molecule has 0 aliphatic carbocycles. The zero-order valence-corrected chi connectivity index (χ0v) is 27.1. The van der Waals surface area contributed by atoms with E-state index in [0.717, 1.165) is 42.4 Å². The summed E-state index contributed by atoms with van der Waals surface area (Å²) in [6.07, 6.45) is 6.26. The minimum Gasteiger partial charge on any atom is -0.466 e. The number of benzene rings is 1. The Morgan fingerprint density at radius 2 is 1.53 bits per heavy atom. The normalized spacial score (nSPS) is 21.2. The molecule has 1 saturated heterocycles. The van der Waals surface area contributed by atoms with Gasteiger partial charge in [-0.05, 0) is 91.1 Å². The minimum absolute atomic E-state index is 0.0132. The van der Waals surface area contributed by atoms with Crippen molar-refractivity contribution in [2.75, 3.05) is 32.1 Å². The number of fused-ring (bicyclic) bond motifs is 2. The third-order valence-electron chi connectivity index (χ3n) is 9.77. The molecular weight excluding hydrogens is 562 g/mol. The molecule has 4 aliphatic rings. The maximum absolute atomic E-state index is 13.6. The average Bonchev–Trinajstić information content (AvgIpc) is 2.93. The van der Waals surface area contributed by atoms with Crippen molar-refractivity contribution >= 4 is 45.8 Å². The predicted molar refractivity (Wildman–Crippen MR) is 171 cm³/mol. The van der Waals surface area contributed by atoms with Crippen LogP contribution in [0.5, 0.6) is 0 Å². The Morgan fingerprint density at radius 3 is 2.19 bits per heavy atom. The molecule has 4 aliphatic heterocycles. The molecule has 43 heavy (non-hydrogen) atoms. The Labute approximate surface area is 257 Å². The number of ether oxygens (including phenoxy) is 1. The van der Waals surface area contributed by atoms with Crippen molar-refractivity contribution in [3.05, 3.63) is 73.6 Å². The first-order chi connectivity index (χ1) is 20.1. The van der Waals surface area contributed by atoms with Gasteiger partial charge in [0.15, 0.2) is 5.11 Å². The van der Waals surface area contributed by atoms with E-state index in [-0.39, 0.29) is 27.1 Å². The van der Waals surface area contributed by atoms with Crippen molar-refractivity contribution in [3.8, 4) is 0 Å². The van der Waals surface area contributed by atoms with E-state index in [1.807, 2.05) is 6.92 Å². The van der Waals surface area contributed by atoms with Gasteiger partial charge in [-0.25, -0.2) is 4.79 Å². The van der Waals surface area contributed by atoms with Crippen molar-refractivity contribution in [1.82, 2.24) is 9.80 Å². The minimum atomic E-state index is -0.452. The largest absolute Gasteiger partial charge is 0.466 e. The first-order valence-corrected chi connectivity index (χ1v) is 15.3. The summed E-state index contributed by atoms with van der Waals surface area (Å²) in [4.78, 5) is 44.7. The van der Waals surface area contributed by atoms with Crippen LogP contribution in [0.2, 0.25) is 0 Å². The second kappa shape index (κ2) is 9.91. The van der Waals surface area contributed by atoms with Crippen molar-refractivity contribution < 1.29 is 18.7 Å². The molecule has 0 N–H and O–H groups in total. The molecule has 0 saturated carbocycles. The standard InChI is InChI=1S/C34H39N3O5S/c1-18-15-20(25-29(38)35(7)32(43)36(8)30(25)39)16-21(41-18)9-10-22-19(2)23-17-24-27-26(28(23)42-31(22)40)34(5,6)12-14-37(27)13-11-33(24,3)4/h15-17H,9-14H2,1-8H3. The summed E-state index contributed by atoms with van der Waals surface area (Å²) >= 11 is 5.23. The van der Waals surface area contributed by atoms with Gasteiger partial charge >= 0.3 is 5.63 Å². The lowest BCUT2D eigenvalue weighted by Crippen LogP contribution is -2.53. The van der Waals surface area contributed by atoms with E-state index in [1.165, 1.54) is 21.1 Å². The van der Waals surface area contributed by atoms with Crippen LogP contribution in [0.1, 0.15) is 76.1 Å². The van der Waals surface area contributed by atoms with E-state index in [1.54, 1.807) is 33.2 Å². The van der Waals surface area contributed by atoms with E-state index in [0.29, 0.717) is 41.1 Å². The fourth-order valence-corrected chi connectivity index (χ4v) is 7.15. The Morgan fingerprint density at radius 1 is 0.907 bits per heavy atom. The first-order valence-electron chi connectivity index (χ1n) is 14.9. The number of likely N-dealkylation sites (N-methyl/N-ethyl adjacent to an activating group) is 2. The molecule has 1 aromatic heterocycles. The molecule has 226 valence electrons. The van der Waals surface area contributed by atoms with Crippen LogP contribution < -0.4 is 10.5 Å². The molecule has 0 unspecified atom stereocenters. The van der Waals surface area contributed by atoms with Crippen molar-refractivity contribution in [2.45, 2.75) is 78.1 Å².